The Morgan fingerprint density at radius 3 is 2.59 bits per heavy atom. The third-order valence-corrected chi connectivity index (χ3v) is 4.52. The van der Waals surface area contributed by atoms with Crippen LogP contribution in [-0.2, 0) is 9.53 Å². The maximum Gasteiger partial charge on any atom is 0.338 e. The summed E-state index contributed by atoms with van der Waals surface area (Å²) in [5, 5.41) is 13.5. The number of carbonyl (C=O) groups is 2. The number of nitro groups is 1. The fourth-order valence-electron chi connectivity index (χ4n) is 2.09. The molecule has 0 fully saturated rings. The maximum absolute atomic E-state index is 11.9. The molecule has 0 aliphatic heterocycles. The van der Waals surface area contributed by atoms with Crippen molar-refractivity contribution < 1.29 is 19.2 Å². The van der Waals surface area contributed by atoms with E-state index in [1.165, 1.54) is 17.7 Å². The number of aryl methyl sites for hydroxylation is 1. The molecule has 0 saturated carbocycles. The van der Waals surface area contributed by atoms with Crippen LogP contribution in [0, 0.1) is 17.0 Å². The highest BCUT2D eigenvalue weighted by Crippen LogP contribution is 2.22. The van der Waals surface area contributed by atoms with Gasteiger partial charge in [-0.05, 0) is 31.2 Å². The summed E-state index contributed by atoms with van der Waals surface area (Å²) < 4.78 is 4.87. The number of rotatable bonds is 8. The number of nitrogens with two attached hydrogens (primary N) is 1. The zero-order chi connectivity index (χ0) is 19.8. The van der Waals surface area contributed by atoms with Gasteiger partial charge in [-0.25, -0.2) is 4.79 Å². The van der Waals surface area contributed by atoms with Crippen LogP contribution in [0.1, 0.15) is 15.9 Å². The van der Waals surface area contributed by atoms with Crippen molar-refractivity contribution in [2.75, 3.05) is 24.6 Å². The van der Waals surface area contributed by atoms with Crippen LogP contribution in [0.2, 0.25) is 0 Å². The molecule has 3 N–H and O–H groups in total. The van der Waals surface area contributed by atoms with E-state index in [9.17, 15) is 19.7 Å². The van der Waals surface area contributed by atoms with Crippen molar-refractivity contribution in [3.8, 4) is 0 Å². The first kappa shape index (κ1) is 20.2. The van der Waals surface area contributed by atoms with Crippen molar-refractivity contribution in [1.29, 1.82) is 0 Å². The van der Waals surface area contributed by atoms with Crippen LogP contribution in [0.4, 0.5) is 11.4 Å². The lowest BCUT2D eigenvalue weighted by Crippen LogP contribution is -2.30. The predicted octanol–water partition coefficient (Wildman–Crippen LogP) is 2.55. The molecule has 1 amide bonds. The van der Waals surface area contributed by atoms with E-state index in [0.29, 0.717) is 12.3 Å². The SMILES string of the molecule is Cc1ccc(SCCNC(=O)COC(=O)c2ccc(N)c([N+](=O)[O-])c2)cc1. The van der Waals surface area contributed by atoms with Gasteiger partial charge in [0, 0.05) is 23.3 Å². The average molecular weight is 389 g/mol. The van der Waals surface area contributed by atoms with Crippen LogP contribution in [-0.4, -0.2) is 35.7 Å². The molecule has 2 aromatic rings. The third kappa shape index (κ3) is 6.30. The number of thioether (sulfide) groups is 1. The van der Waals surface area contributed by atoms with Gasteiger partial charge < -0.3 is 15.8 Å². The lowest BCUT2D eigenvalue weighted by Gasteiger charge is -2.07. The molecule has 0 unspecified atom stereocenters. The Morgan fingerprint density at radius 1 is 1.22 bits per heavy atom. The van der Waals surface area contributed by atoms with Gasteiger partial charge in [0.1, 0.15) is 5.69 Å². The summed E-state index contributed by atoms with van der Waals surface area (Å²) >= 11 is 1.60. The minimum Gasteiger partial charge on any atom is -0.452 e. The van der Waals surface area contributed by atoms with Gasteiger partial charge in [0.15, 0.2) is 6.61 Å². The van der Waals surface area contributed by atoms with Crippen molar-refractivity contribution in [1.82, 2.24) is 5.32 Å². The van der Waals surface area contributed by atoms with E-state index in [1.807, 2.05) is 31.2 Å². The van der Waals surface area contributed by atoms with Gasteiger partial charge in [0.05, 0.1) is 10.5 Å². The minimum atomic E-state index is -0.831. The number of nitrogens with one attached hydrogen (secondary N) is 1. The van der Waals surface area contributed by atoms with Gasteiger partial charge in [0.2, 0.25) is 0 Å². The van der Waals surface area contributed by atoms with Crippen LogP contribution in [0.25, 0.3) is 0 Å². The quantitative estimate of drug-likeness (QED) is 0.177. The highest BCUT2D eigenvalue weighted by atomic mass is 32.2. The second-order valence-corrected chi connectivity index (χ2v) is 6.79. The number of nitrogen functional groups attached to an aromatic ring is 1. The zero-order valence-electron chi connectivity index (χ0n) is 14.6. The summed E-state index contributed by atoms with van der Waals surface area (Å²) in [7, 11) is 0. The smallest absolute Gasteiger partial charge is 0.338 e. The fourth-order valence-corrected chi connectivity index (χ4v) is 2.86. The van der Waals surface area contributed by atoms with E-state index in [1.54, 1.807) is 11.8 Å². The molecule has 27 heavy (non-hydrogen) atoms. The van der Waals surface area contributed by atoms with Gasteiger partial charge in [0.25, 0.3) is 11.6 Å². The van der Waals surface area contributed by atoms with Crippen molar-refractivity contribution in [2.24, 2.45) is 0 Å². The van der Waals surface area contributed by atoms with Crippen LogP contribution in [0.3, 0.4) is 0 Å². The molecule has 142 valence electrons. The molecule has 0 radical (unpaired) electrons. The molecule has 0 bridgehead atoms. The van der Waals surface area contributed by atoms with E-state index >= 15 is 0 Å². The van der Waals surface area contributed by atoms with Crippen molar-refractivity contribution in [2.45, 2.75) is 11.8 Å². The number of hydrogen-bond acceptors (Lipinski definition) is 7. The molecule has 0 spiro atoms. The van der Waals surface area contributed by atoms with Crippen LogP contribution in [0.15, 0.2) is 47.4 Å². The Hall–Kier alpha value is -3.07. The van der Waals surface area contributed by atoms with Gasteiger partial charge >= 0.3 is 5.97 Å². The van der Waals surface area contributed by atoms with Crippen LogP contribution in [0.5, 0.6) is 0 Å². The molecule has 0 atom stereocenters. The Balaban J connectivity index is 1.73. The number of nitrogens with zero attached hydrogens (tertiary/aromatic N) is 1. The lowest BCUT2D eigenvalue weighted by molar-refractivity contribution is -0.383. The van der Waals surface area contributed by atoms with Crippen molar-refractivity contribution in [3.05, 3.63) is 63.7 Å². The van der Waals surface area contributed by atoms with E-state index in [-0.39, 0.29) is 16.9 Å². The normalized spacial score (nSPS) is 10.3. The molecule has 0 aromatic heterocycles. The number of benzene rings is 2. The Labute approximate surface area is 160 Å². The molecular formula is C18H19N3O5S. The van der Waals surface area contributed by atoms with Gasteiger partial charge in [-0.3, -0.25) is 14.9 Å². The minimum absolute atomic E-state index is 0.0429. The first-order valence-electron chi connectivity index (χ1n) is 8.04. The van der Waals surface area contributed by atoms with Crippen LogP contribution >= 0.6 is 11.8 Å². The molecule has 2 aromatic carbocycles. The first-order chi connectivity index (χ1) is 12.9. The summed E-state index contributed by atoms with van der Waals surface area (Å²) in [4.78, 5) is 34.9. The van der Waals surface area contributed by atoms with E-state index in [0.717, 1.165) is 11.0 Å². The van der Waals surface area contributed by atoms with Crippen LogP contribution < -0.4 is 11.1 Å². The topological polar surface area (TPSA) is 125 Å². The first-order valence-corrected chi connectivity index (χ1v) is 9.02. The van der Waals surface area contributed by atoms with Crippen molar-refractivity contribution >= 4 is 35.0 Å². The summed E-state index contributed by atoms with van der Waals surface area (Å²) in [5.74, 6) is -0.604. The van der Waals surface area contributed by atoms with E-state index in [2.05, 4.69) is 5.32 Å². The highest BCUT2D eigenvalue weighted by Gasteiger charge is 2.17. The van der Waals surface area contributed by atoms with Gasteiger partial charge in [-0.15, -0.1) is 11.8 Å². The second-order valence-electron chi connectivity index (χ2n) is 5.62. The maximum atomic E-state index is 11.9. The third-order valence-electron chi connectivity index (χ3n) is 3.51. The molecule has 0 aliphatic carbocycles. The summed E-state index contributed by atoms with van der Waals surface area (Å²) in [5.41, 5.74) is 6.17. The molecule has 2 rings (SSSR count). The monoisotopic (exact) mass is 389 g/mol. The molecule has 9 heteroatoms. The Morgan fingerprint density at radius 2 is 1.93 bits per heavy atom. The van der Waals surface area contributed by atoms with Gasteiger partial charge in [-0.1, -0.05) is 17.7 Å². The second kappa shape index (κ2) is 9.58. The number of amides is 1. The number of nitro benzene ring substituents is 1. The molecule has 0 saturated heterocycles. The number of hydrogen-bond donors (Lipinski definition) is 2. The number of esters is 1. The van der Waals surface area contributed by atoms with Crippen molar-refractivity contribution in [3.63, 3.8) is 0 Å². The highest BCUT2D eigenvalue weighted by molar-refractivity contribution is 7.99. The fraction of sp³-hybridized carbons (Fsp3) is 0.222. The number of carbonyl (C=O) groups excluding carboxylic acids is 2. The average Bonchev–Trinajstić information content (AvgIpc) is 2.64. The summed E-state index contributed by atoms with van der Waals surface area (Å²) in [6.45, 7) is 1.97. The standard InChI is InChI=1S/C18H19N3O5S/c1-12-2-5-14(6-3-12)27-9-8-20-17(22)11-26-18(23)13-4-7-15(19)16(10-13)21(24)25/h2-7,10H,8-9,11,19H2,1H3,(H,20,22). The van der Waals surface area contributed by atoms with E-state index < -0.39 is 23.4 Å². The number of anilines is 1. The van der Waals surface area contributed by atoms with Gasteiger partial charge in [-0.2, -0.15) is 0 Å². The van der Waals surface area contributed by atoms with E-state index in [4.69, 9.17) is 10.5 Å². The predicted molar refractivity (Wildman–Crippen MR) is 103 cm³/mol. The summed E-state index contributed by atoms with van der Waals surface area (Å²) in [6, 6.07) is 11.6. The Bertz CT molecular complexity index is 839. The molecule has 8 nitrogen and oxygen atoms in total. The Kier molecular flexibility index (Phi) is 7.18. The summed E-state index contributed by atoms with van der Waals surface area (Å²) in [6.07, 6.45) is 0. The molecule has 0 heterocycles. The molecule has 0 aliphatic rings. The number of ether oxygens (including phenoxy) is 1. The zero-order valence-corrected chi connectivity index (χ0v) is 15.5. The largest absolute Gasteiger partial charge is 0.452 e. The lowest BCUT2D eigenvalue weighted by atomic mass is 10.2. The molecular weight excluding hydrogens is 370 g/mol.